The molecule has 0 spiro atoms. The smallest absolute Gasteiger partial charge is 0.241 e. The van der Waals surface area contributed by atoms with Crippen molar-refractivity contribution in [3.8, 4) is 11.1 Å². The summed E-state index contributed by atoms with van der Waals surface area (Å²) in [7, 11) is 4.34. The second-order valence-electron chi connectivity index (χ2n) is 9.44. The lowest BCUT2D eigenvalue weighted by atomic mass is 9.91. The Bertz CT molecular complexity index is 1240. The first-order chi connectivity index (χ1) is 15.4. The molecular formula is C24H32N8. The van der Waals surface area contributed by atoms with Crippen molar-refractivity contribution in [2.24, 2.45) is 0 Å². The van der Waals surface area contributed by atoms with E-state index in [0.717, 1.165) is 46.5 Å². The van der Waals surface area contributed by atoms with E-state index in [0.29, 0.717) is 24.1 Å². The van der Waals surface area contributed by atoms with Crippen LogP contribution in [0, 0.1) is 6.92 Å². The third-order valence-electron chi connectivity index (χ3n) is 6.73. The standard InChI is InChI=1S/C24H32N8/c1-15(2)32-16(3)27-23-21(32)12-17(13-25-23)20-10-11-31-22(20)14-26-24(29-31)28-18-6-8-19(9-7-18)30(4)5/h10-15,18-19H,6-9H2,1-5H3,(H,28,29). The molecule has 4 aromatic rings. The molecule has 0 atom stereocenters. The molecule has 4 heterocycles. The van der Waals surface area contributed by atoms with Crippen LogP contribution in [0.1, 0.15) is 51.4 Å². The van der Waals surface area contributed by atoms with Gasteiger partial charge in [0.15, 0.2) is 5.65 Å². The average molecular weight is 433 g/mol. The van der Waals surface area contributed by atoms with Gasteiger partial charge in [-0.2, -0.15) is 0 Å². The van der Waals surface area contributed by atoms with Crippen LogP contribution in [0.2, 0.25) is 0 Å². The topological polar surface area (TPSA) is 76.2 Å². The summed E-state index contributed by atoms with van der Waals surface area (Å²) in [6, 6.07) is 5.71. The molecule has 1 fully saturated rings. The fourth-order valence-corrected chi connectivity index (χ4v) is 5.02. The average Bonchev–Trinajstić information content (AvgIpc) is 3.33. The Morgan fingerprint density at radius 2 is 1.84 bits per heavy atom. The van der Waals surface area contributed by atoms with E-state index in [1.807, 2.05) is 30.0 Å². The van der Waals surface area contributed by atoms with E-state index in [-0.39, 0.29) is 0 Å². The van der Waals surface area contributed by atoms with Gasteiger partial charge in [0.05, 0.1) is 17.2 Å². The highest BCUT2D eigenvalue weighted by atomic mass is 15.3. The molecule has 8 heteroatoms. The Hall–Kier alpha value is -3.00. The monoisotopic (exact) mass is 432 g/mol. The molecule has 32 heavy (non-hydrogen) atoms. The zero-order valence-electron chi connectivity index (χ0n) is 19.6. The number of aromatic nitrogens is 6. The van der Waals surface area contributed by atoms with Gasteiger partial charge in [-0.25, -0.2) is 19.5 Å². The van der Waals surface area contributed by atoms with Crippen LogP contribution in [0.25, 0.3) is 27.8 Å². The molecule has 0 saturated heterocycles. The fraction of sp³-hybridized carbons (Fsp3) is 0.500. The number of aryl methyl sites for hydroxylation is 1. The van der Waals surface area contributed by atoms with Crippen LogP contribution < -0.4 is 5.32 Å². The highest BCUT2D eigenvalue weighted by Crippen LogP contribution is 2.29. The van der Waals surface area contributed by atoms with Crippen LogP contribution in [0.5, 0.6) is 0 Å². The molecule has 0 amide bonds. The molecule has 5 rings (SSSR count). The minimum absolute atomic E-state index is 0.326. The third kappa shape index (κ3) is 3.72. The highest BCUT2D eigenvalue weighted by molar-refractivity contribution is 5.85. The second kappa shape index (κ2) is 8.16. The Kier molecular flexibility index (Phi) is 5.33. The Labute approximate surface area is 188 Å². The van der Waals surface area contributed by atoms with E-state index in [2.05, 4.69) is 69.8 Å². The minimum atomic E-state index is 0.326. The van der Waals surface area contributed by atoms with Crippen molar-refractivity contribution in [2.45, 2.75) is 64.6 Å². The molecule has 0 unspecified atom stereocenters. The lowest BCUT2D eigenvalue weighted by molar-refractivity contribution is 0.221. The van der Waals surface area contributed by atoms with E-state index >= 15 is 0 Å². The number of anilines is 1. The van der Waals surface area contributed by atoms with Crippen LogP contribution in [0.4, 0.5) is 5.95 Å². The molecule has 1 saturated carbocycles. The van der Waals surface area contributed by atoms with Gasteiger partial charge in [-0.3, -0.25) is 0 Å². The van der Waals surface area contributed by atoms with Gasteiger partial charge in [0.25, 0.3) is 0 Å². The number of hydrogen-bond acceptors (Lipinski definition) is 6. The molecule has 0 aromatic carbocycles. The van der Waals surface area contributed by atoms with Gasteiger partial charge >= 0.3 is 0 Å². The van der Waals surface area contributed by atoms with E-state index in [1.165, 1.54) is 12.8 Å². The van der Waals surface area contributed by atoms with Gasteiger partial charge in [-0.05, 0) is 72.7 Å². The SMILES string of the molecule is Cc1nc2ncc(-c3ccn4nc(NC5CCC(N(C)C)CC5)ncc34)cc2n1C(C)C. The number of fused-ring (bicyclic) bond motifs is 2. The predicted octanol–water partition coefficient (Wildman–Crippen LogP) is 4.32. The van der Waals surface area contributed by atoms with Crippen molar-refractivity contribution in [3.05, 3.63) is 36.5 Å². The van der Waals surface area contributed by atoms with Crippen molar-refractivity contribution in [1.82, 2.24) is 34.0 Å². The van der Waals surface area contributed by atoms with Gasteiger partial charge in [0.1, 0.15) is 5.82 Å². The molecule has 1 N–H and O–H groups in total. The van der Waals surface area contributed by atoms with Crippen LogP contribution in [-0.4, -0.2) is 60.2 Å². The van der Waals surface area contributed by atoms with Crippen molar-refractivity contribution in [3.63, 3.8) is 0 Å². The minimum Gasteiger partial charge on any atom is -0.350 e. The van der Waals surface area contributed by atoms with E-state index < -0.39 is 0 Å². The van der Waals surface area contributed by atoms with Gasteiger partial charge < -0.3 is 14.8 Å². The zero-order valence-corrected chi connectivity index (χ0v) is 19.6. The maximum absolute atomic E-state index is 4.73. The number of pyridine rings is 1. The molecule has 168 valence electrons. The lowest BCUT2D eigenvalue weighted by Gasteiger charge is -2.32. The van der Waals surface area contributed by atoms with Crippen molar-refractivity contribution in [2.75, 3.05) is 19.4 Å². The molecule has 4 aromatic heterocycles. The first-order valence-electron chi connectivity index (χ1n) is 11.5. The van der Waals surface area contributed by atoms with Gasteiger partial charge in [0.2, 0.25) is 5.95 Å². The maximum Gasteiger partial charge on any atom is 0.241 e. The fourth-order valence-electron chi connectivity index (χ4n) is 5.02. The first-order valence-corrected chi connectivity index (χ1v) is 11.5. The Balaban J connectivity index is 1.40. The van der Waals surface area contributed by atoms with Gasteiger partial charge in [0, 0.05) is 41.6 Å². The number of rotatable bonds is 5. The Morgan fingerprint density at radius 1 is 1.06 bits per heavy atom. The summed E-state index contributed by atoms with van der Waals surface area (Å²) in [6.45, 7) is 6.37. The van der Waals surface area contributed by atoms with E-state index in [9.17, 15) is 0 Å². The molecule has 1 aliphatic carbocycles. The molecule has 1 aliphatic rings. The third-order valence-corrected chi connectivity index (χ3v) is 6.73. The summed E-state index contributed by atoms with van der Waals surface area (Å²) in [4.78, 5) is 16.2. The quantitative estimate of drug-likeness (QED) is 0.506. The summed E-state index contributed by atoms with van der Waals surface area (Å²) >= 11 is 0. The van der Waals surface area contributed by atoms with Crippen molar-refractivity contribution in [1.29, 1.82) is 0 Å². The van der Waals surface area contributed by atoms with E-state index in [1.54, 1.807) is 0 Å². The van der Waals surface area contributed by atoms with Crippen LogP contribution in [0.15, 0.2) is 30.7 Å². The normalized spacial score (nSPS) is 19.5. The summed E-state index contributed by atoms with van der Waals surface area (Å²) in [5.41, 5.74) is 4.94. The zero-order chi connectivity index (χ0) is 22.4. The predicted molar refractivity (Wildman–Crippen MR) is 128 cm³/mol. The summed E-state index contributed by atoms with van der Waals surface area (Å²) < 4.78 is 4.14. The number of hydrogen-bond donors (Lipinski definition) is 1. The maximum atomic E-state index is 4.73. The first kappa shape index (κ1) is 20.9. The van der Waals surface area contributed by atoms with Crippen LogP contribution in [-0.2, 0) is 0 Å². The van der Waals surface area contributed by atoms with Gasteiger partial charge in [-0.15, -0.1) is 5.10 Å². The number of nitrogens with one attached hydrogen (secondary N) is 1. The summed E-state index contributed by atoms with van der Waals surface area (Å²) in [5, 5.41) is 8.27. The highest BCUT2D eigenvalue weighted by Gasteiger charge is 2.23. The van der Waals surface area contributed by atoms with E-state index in [4.69, 9.17) is 5.10 Å². The van der Waals surface area contributed by atoms with Crippen LogP contribution >= 0.6 is 0 Å². The largest absolute Gasteiger partial charge is 0.350 e. The molecule has 0 radical (unpaired) electrons. The number of imidazole rings is 1. The molecule has 0 bridgehead atoms. The van der Waals surface area contributed by atoms with Crippen molar-refractivity contribution >= 4 is 22.6 Å². The molecule has 0 aliphatic heterocycles. The molecular weight excluding hydrogens is 400 g/mol. The number of nitrogens with zero attached hydrogens (tertiary/aromatic N) is 7. The van der Waals surface area contributed by atoms with Gasteiger partial charge in [-0.1, -0.05) is 0 Å². The van der Waals surface area contributed by atoms with Crippen LogP contribution in [0.3, 0.4) is 0 Å². The van der Waals surface area contributed by atoms with Crippen molar-refractivity contribution < 1.29 is 0 Å². The second-order valence-corrected chi connectivity index (χ2v) is 9.44. The Morgan fingerprint density at radius 3 is 2.56 bits per heavy atom. The molecule has 8 nitrogen and oxygen atoms in total. The summed E-state index contributed by atoms with van der Waals surface area (Å²) in [6.07, 6.45) is 10.5. The lowest BCUT2D eigenvalue weighted by Crippen LogP contribution is -2.36. The summed E-state index contributed by atoms with van der Waals surface area (Å²) in [5.74, 6) is 1.68.